The predicted molar refractivity (Wildman–Crippen MR) is 56.2 cm³/mol. The monoisotopic (exact) mass is 261 g/mol. The van der Waals surface area contributed by atoms with E-state index in [2.05, 4.69) is 20.8 Å². The second kappa shape index (κ2) is 5.19. The van der Waals surface area contributed by atoms with Crippen molar-refractivity contribution in [2.24, 2.45) is 5.90 Å². The largest absolute Gasteiger partial charge is 0.496 e. The van der Waals surface area contributed by atoms with Gasteiger partial charge < -0.3 is 9.47 Å². The van der Waals surface area contributed by atoms with Crippen molar-refractivity contribution >= 4 is 15.9 Å². The van der Waals surface area contributed by atoms with E-state index in [-0.39, 0.29) is 6.61 Å². The van der Waals surface area contributed by atoms with Crippen LogP contribution in [-0.2, 0) is 11.4 Å². The van der Waals surface area contributed by atoms with Gasteiger partial charge in [-0.15, -0.1) is 0 Å². The Kier molecular flexibility index (Phi) is 4.19. The van der Waals surface area contributed by atoms with Crippen LogP contribution in [0.3, 0.4) is 0 Å². The summed E-state index contributed by atoms with van der Waals surface area (Å²) in [7, 11) is 3.19. The lowest BCUT2D eigenvalue weighted by Gasteiger charge is -2.12. The van der Waals surface area contributed by atoms with Crippen molar-refractivity contribution in [2.45, 2.75) is 6.61 Å². The summed E-state index contributed by atoms with van der Waals surface area (Å²) >= 11 is 3.39. The molecule has 4 nitrogen and oxygen atoms in total. The van der Waals surface area contributed by atoms with Gasteiger partial charge >= 0.3 is 0 Å². The zero-order valence-corrected chi connectivity index (χ0v) is 9.63. The Bertz CT molecular complexity index is 317. The third kappa shape index (κ3) is 2.17. The molecule has 2 N–H and O–H groups in total. The highest BCUT2D eigenvalue weighted by molar-refractivity contribution is 9.10. The third-order valence-corrected chi connectivity index (χ3v) is 2.70. The first-order valence-electron chi connectivity index (χ1n) is 3.95. The Morgan fingerprint density at radius 1 is 1.21 bits per heavy atom. The van der Waals surface area contributed by atoms with Gasteiger partial charge in [-0.3, -0.25) is 4.84 Å². The topological polar surface area (TPSA) is 53.7 Å². The van der Waals surface area contributed by atoms with Gasteiger partial charge in [-0.1, -0.05) is 0 Å². The fourth-order valence-electron chi connectivity index (χ4n) is 1.15. The van der Waals surface area contributed by atoms with Gasteiger partial charge in [-0.05, 0) is 28.1 Å². The molecule has 0 bridgehead atoms. The Morgan fingerprint density at radius 2 is 1.79 bits per heavy atom. The van der Waals surface area contributed by atoms with Gasteiger partial charge in [-0.25, -0.2) is 5.90 Å². The van der Waals surface area contributed by atoms with Gasteiger partial charge in [0.1, 0.15) is 11.5 Å². The molecule has 0 aliphatic rings. The molecular formula is C9H12BrNO3. The van der Waals surface area contributed by atoms with Gasteiger partial charge in [0.25, 0.3) is 0 Å². The lowest BCUT2D eigenvalue weighted by atomic mass is 10.2. The number of methoxy groups -OCH3 is 2. The molecule has 1 aromatic carbocycles. The summed E-state index contributed by atoms with van der Waals surface area (Å²) in [6.07, 6.45) is 0. The smallest absolute Gasteiger partial charge is 0.133 e. The first kappa shape index (κ1) is 11.3. The summed E-state index contributed by atoms with van der Waals surface area (Å²) in [5.41, 5.74) is 0.828. The van der Waals surface area contributed by atoms with Gasteiger partial charge in [0, 0.05) is 5.56 Å². The lowest BCUT2D eigenvalue weighted by molar-refractivity contribution is 0.121. The van der Waals surface area contributed by atoms with Crippen molar-refractivity contribution < 1.29 is 14.3 Å². The Balaban J connectivity index is 3.16. The van der Waals surface area contributed by atoms with Crippen molar-refractivity contribution in [1.29, 1.82) is 0 Å². The molecule has 0 saturated heterocycles. The van der Waals surface area contributed by atoms with E-state index in [9.17, 15) is 0 Å². The number of rotatable bonds is 4. The standard InChI is InChI=1S/C9H12BrNO3/c1-12-7-3-4-8(13-2)9(10)6(7)5-14-11/h3-4H,5,11H2,1-2H3. The second-order valence-electron chi connectivity index (χ2n) is 2.57. The molecule has 0 spiro atoms. The van der Waals surface area contributed by atoms with E-state index in [4.69, 9.17) is 15.4 Å². The molecule has 0 aliphatic heterocycles. The minimum Gasteiger partial charge on any atom is -0.496 e. The first-order chi connectivity index (χ1) is 6.74. The average Bonchev–Trinajstić information content (AvgIpc) is 2.21. The molecule has 1 aromatic rings. The minimum atomic E-state index is 0.265. The average molecular weight is 262 g/mol. The van der Waals surface area contributed by atoms with Gasteiger partial charge in [0.2, 0.25) is 0 Å². The van der Waals surface area contributed by atoms with Crippen LogP contribution in [0.4, 0.5) is 0 Å². The number of hydrogen-bond acceptors (Lipinski definition) is 4. The number of hydrogen-bond donors (Lipinski definition) is 1. The molecule has 0 atom stereocenters. The molecule has 0 fully saturated rings. The number of halogens is 1. The van der Waals surface area contributed by atoms with Crippen molar-refractivity contribution in [2.75, 3.05) is 14.2 Å². The quantitative estimate of drug-likeness (QED) is 0.841. The number of ether oxygens (including phenoxy) is 2. The van der Waals surface area contributed by atoms with Gasteiger partial charge in [-0.2, -0.15) is 0 Å². The van der Waals surface area contributed by atoms with Crippen LogP contribution in [0, 0.1) is 0 Å². The minimum absolute atomic E-state index is 0.265. The van der Waals surface area contributed by atoms with Gasteiger partial charge in [0.05, 0.1) is 25.3 Å². The van der Waals surface area contributed by atoms with E-state index in [0.29, 0.717) is 5.75 Å². The van der Waals surface area contributed by atoms with Crippen LogP contribution >= 0.6 is 15.9 Å². The molecule has 0 aliphatic carbocycles. The lowest BCUT2D eigenvalue weighted by Crippen LogP contribution is -2.03. The van der Waals surface area contributed by atoms with E-state index < -0.39 is 0 Å². The van der Waals surface area contributed by atoms with Crippen LogP contribution < -0.4 is 15.4 Å². The molecule has 78 valence electrons. The molecule has 0 radical (unpaired) electrons. The fourth-order valence-corrected chi connectivity index (χ4v) is 1.75. The fraction of sp³-hybridized carbons (Fsp3) is 0.333. The molecule has 1 rings (SSSR count). The van der Waals surface area contributed by atoms with Crippen molar-refractivity contribution in [1.82, 2.24) is 0 Å². The second-order valence-corrected chi connectivity index (χ2v) is 3.37. The summed E-state index contributed by atoms with van der Waals surface area (Å²) in [6, 6.07) is 3.61. The van der Waals surface area contributed by atoms with Crippen molar-refractivity contribution in [3.8, 4) is 11.5 Å². The zero-order valence-electron chi connectivity index (χ0n) is 8.04. The van der Waals surface area contributed by atoms with Crippen LogP contribution in [0.25, 0.3) is 0 Å². The van der Waals surface area contributed by atoms with E-state index in [0.717, 1.165) is 15.8 Å². The highest BCUT2D eigenvalue weighted by atomic mass is 79.9. The summed E-state index contributed by atoms with van der Waals surface area (Å²) in [4.78, 5) is 4.59. The normalized spacial score (nSPS) is 10.0. The molecule has 14 heavy (non-hydrogen) atoms. The van der Waals surface area contributed by atoms with Crippen LogP contribution in [0.15, 0.2) is 16.6 Å². The van der Waals surface area contributed by atoms with Crippen LogP contribution in [-0.4, -0.2) is 14.2 Å². The van der Waals surface area contributed by atoms with Crippen LogP contribution in [0.1, 0.15) is 5.56 Å². The maximum absolute atomic E-state index is 5.16. The molecule has 5 heteroatoms. The molecule has 0 aromatic heterocycles. The molecule has 0 amide bonds. The van der Waals surface area contributed by atoms with E-state index in [1.54, 1.807) is 20.3 Å². The third-order valence-electron chi connectivity index (χ3n) is 1.83. The van der Waals surface area contributed by atoms with Crippen LogP contribution in [0.2, 0.25) is 0 Å². The predicted octanol–water partition coefficient (Wildman–Crippen LogP) is 1.86. The molecule has 0 saturated carbocycles. The maximum Gasteiger partial charge on any atom is 0.133 e. The number of nitrogens with two attached hydrogens (primary N) is 1. The Labute approximate surface area is 91.0 Å². The summed E-state index contributed by atoms with van der Waals surface area (Å²) in [5, 5.41) is 0. The van der Waals surface area contributed by atoms with E-state index in [1.165, 1.54) is 0 Å². The first-order valence-corrected chi connectivity index (χ1v) is 4.75. The van der Waals surface area contributed by atoms with E-state index in [1.807, 2.05) is 6.07 Å². The van der Waals surface area contributed by atoms with Crippen molar-refractivity contribution in [3.05, 3.63) is 22.2 Å². The summed E-state index contributed by atoms with van der Waals surface area (Å²) in [5.74, 6) is 6.46. The van der Waals surface area contributed by atoms with Gasteiger partial charge in [0.15, 0.2) is 0 Å². The Morgan fingerprint density at radius 3 is 2.29 bits per heavy atom. The summed E-state index contributed by atoms with van der Waals surface area (Å²) in [6.45, 7) is 0.265. The highest BCUT2D eigenvalue weighted by Crippen LogP contribution is 2.35. The van der Waals surface area contributed by atoms with Crippen molar-refractivity contribution in [3.63, 3.8) is 0 Å². The molecule has 0 unspecified atom stereocenters. The summed E-state index contributed by atoms with van der Waals surface area (Å²) < 4.78 is 11.1. The molecule has 0 heterocycles. The number of benzene rings is 1. The SMILES string of the molecule is COc1ccc(OC)c(CON)c1Br. The highest BCUT2D eigenvalue weighted by Gasteiger charge is 2.12. The Hall–Kier alpha value is -0.780. The maximum atomic E-state index is 5.16. The van der Waals surface area contributed by atoms with E-state index >= 15 is 0 Å². The van der Waals surface area contributed by atoms with Crippen LogP contribution in [0.5, 0.6) is 11.5 Å². The zero-order chi connectivity index (χ0) is 10.6. The molecular weight excluding hydrogens is 250 g/mol.